The van der Waals surface area contributed by atoms with Gasteiger partial charge in [-0.15, -0.1) is 10.2 Å². The second-order valence-corrected chi connectivity index (χ2v) is 11.4. The van der Waals surface area contributed by atoms with Gasteiger partial charge in [0, 0.05) is 12.1 Å². The van der Waals surface area contributed by atoms with Gasteiger partial charge >= 0.3 is 6.18 Å². The molecule has 35 heavy (non-hydrogen) atoms. The van der Waals surface area contributed by atoms with Crippen LogP contribution in [0.5, 0.6) is 0 Å². The van der Waals surface area contributed by atoms with Crippen LogP contribution in [0.4, 0.5) is 18.3 Å². The highest BCUT2D eigenvalue weighted by Gasteiger charge is 2.34. The molecule has 1 heterocycles. The first-order valence-corrected chi connectivity index (χ1v) is 13.2. The predicted molar refractivity (Wildman–Crippen MR) is 126 cm³/mol. The minimum Gasteiger partial charge on any atom is -0.349 e. The predicted octanol–water partition coefficient (Wildman–Crippen LogP) is 4.71. The summed E-state index contributed by atoms with van der Waals surface area (Å²) in [6, 6.07) is 6.49. The molecule has 4 rings (SSSR count). The van der Waals surface area contributed by atoms with E-state index in [1.807, 2.05) is 0 Å². The lowest BCUT2D eigenvalue weighted by Gasteiger charge is -2.25. The van der Waals surface area contributed by atoms with Crippen molar-refractivity contribution in [3.8, 4) is 0 Å². The van der Waals surface area contributed by atoms with Crippen LogP contribution in [0.15, 0.2) is 46.8 Å². The molecule has 3 aromatic rings. The molecule has 186 valence electrons. The molecule has 1 aliphatic carbocycles. The van der Waals surface area contributed by atoms with Crippen molar-refractivity contribution in [2.75, 3.05) is 4.31 Å². The Morgan fingerprint density at radius 1 is 1.17 bits per heavy atom. The van der Waals surface area contributed by atoms with Crippen LogP contribution in [0, 0.1) is 0 Å². The molecule has 0 radical (unpaired) electrons. The highest BCUT2D eigenvalue weighted by Crippen LogP contribution is 2.33. The maximum atomic E-state index is 13.4. The molecule has 1 aliphatic rings. The first-order chi connectivity index (χ1) is 16.4. The highest BCUT2D eigenvalue weighted by atomic mass is 35.5. The van der Waals surface area contributed by atoms with Crippen molar-refractivity contribution in [3.63, 3.8) is 0 Å². The van der Waals surface area contributed by atoms with E-state index >= 15 is 0 Å². The van der Waals surface area contributed by atoms with E-state index in [1.54, 1.807) is 26.0 Å². The fraction of sp³-hybridized carbons (Fsp3) is 0.318. The van der Waals surface area contributed by atoms with E-state index in [0.717, 1.165) is 40.7 Å². The molecule has 1 unspecified atom stereocenters. The molecule has 0 aliphatic heterocycles. The number of hydrogen-bond donors (Lipinski definition) is 1. The van der Waals surface area contributed by atoms with Crippen LogP contribution in [-0.4, -0.2) is 36.6 Å². The lowest BCUT2D eigenvalue weighted by atomic mass is 10.1. The number of sulfonamides is 1. The van der Waals surface area contributed by atoms with Crippen LogP contribution < -0.4 is 9.62 Å². The normalized spacial score (nSPS) is 15.8. The lowest BCUT2D eigenvalue weighted by Crippen LogP contribution is -2.37. The maximum Gasteiger partial charge on any atom is 0.416 e. The largest absolute Gasteiger partial charge is 0.416 e. The van der Waals surface area contributed by atoms with Crippen LogP contribution in [0.25, 0.3) is 0 Å². The average Bonchev–Trinajstić information content (AvgIpc) is 3.41. The Labute approximate surface area is 209 Å². The highest BCUT2D eigenvalue weighted by molar-refractivity contribution is 7.93. The summed E-state index contributed by atoms with van der Waals surface area (Å²) in [6.07, 6.45) is -3.88. The Bertz CT molecular complexity index is 1360. The van der Waals surface area contributed by atoms with Gasteiger partial charge in [0.25, 0.3) is 15.9 Å². The van der Waals surface area contributed by atoms with Crippen molar-refractivity contribution < 1.29 is 26.4 Å². The number of benzene rings is 2. The molecule has 13 heteroatoms. The number of aromatic nitrogens is 2. The number of halogens is 4. The summed E-state index contributed by atoms with van der Waals surface area (Å²) in [5, 5.41) is 10.5. The number of anilines is 1. The van der Waals surface area contributed by atoms with Gasteiger partial charge in [-0.05, 0) is 68.1 Å². The number of amides is 1. The number of hydrogen-bond acceptors (Lipinski definition) is 6. The zero-order valence-electron chi connectivity index (χ0n) is 18.5. The fourth-order valence-electron chi connectivity index (χ4n) is 3.97. The molecule has 1 aromatic heterocycles. The fourth-order valence-corrected chi connectivity index (χ4v) is 6.75. The minimum atomic E-state index is -4.61. The van der Waals surface area contributed by atoms with Gasteiger partial charge in [-0.2, -0.15) is 13.2 Å². The Morgan fingerprint density at radius 3 is 2.51 bits per heavy atom. The summed E-state index contributed by atoms with van der Waals surface area (Å²) in [5.74, 6) is -0.728. The molecule has 1 atom stereocenters. The second-order valence-electron chi connectivity index (χ2n) is 8.32. The monoisotopic (exact) mass is 544 g/mol. The number of alkyl halides is 3. The minimum absolute atomic E-state index is 0.0769. The summed E-state index contributed by atoms with van der Waals surface area (Å²) in [4.78, 5) is 12.8. The summed E-state index contributed by atoms with van der Waals surface area (Å²) < 4.78 is 67.0. The Balaban J connectivity index is 1.54. The molecular weight excluding hydrogens is 525 g/mol. The standard InChI is InChI=1S/C22H20ClF3N4O3S2/c1-12(2)30(21-29-27-11-34-21)35(32,33)17-5-3-13-7-16(8-14(13)9-17)28-20(31)18-10-15(22(24,25)26)4-6-19(18)23/h3-6,9-12,16H,7-8H2,1-2H3,(H,28,31). The van der Waals surface area contributed by atoms with E-state index in [0.29, 0.717) is 12.8 Å². The van der Waals surface area contributed by atoms with Crippen molar-refractivity contribution in [1.29, 1.82) is 0 Å². The lowest BCUT2D eigenvalue weighted by molar-refractivity contribution is -0.137. The molecule has 2 aromatic carbocycles. The van der Waals surface area contributed by atoms with E-state index in [2.05, 4.69) is 15.5 Å². The van der Waals surface area contributed by atoms with Gasteiger partial charge in [0.05, 0.1) is 21.0 Å². The topological polar surface area (TPSA) is 92.3 Å². The number of fused-ring (bicyclic) bond motifs is 1. The Hall–Kier alpha value is -2.70. The molecular formula is C22H20ClF3N4O3S2. The third-order valence-electron chi connectivity index (χ3n) is 5.55. The van der Waals surface area contributed by atoms with Gasteiger partial charge in [-0.25, -0.2) is 12.7 Å². The van der Waals surface area contributed by atoms with Crippen LogP contribution in [0.3, 0.4) is 0 Å². The van der Waals surface area contributed by atoms with Gasteiger partial charge in [0.2, 0.25) is 5.13 Å². The van der Waals surface area contributed by atoms with E-state index in [9.17, 15) is 26.4 Å². The third-order valence-corrected chi connectivity index (χ3v) is 8.64. The van der Waals surface area contributed by atoms with Crippen LogP contribution in [0.1, 0.15) is 40.9 Å². The zero-order valence-corrected chi connectivity index (χ0v) is 20.9. The molecule has 0 saturated heterocycles. The van der Waals surface area contributed by atoms with Gasteiger partial charge in [0.15, 0.2) is 0 Å². The maximum absolute atomic E-state index is 13.4. The van der Waals surface area contributed by atoms with Gasteiger partial charge in [-0.1, -0.05) is 29.0 Å². The van der Waals surface area contributed by atoms with Crippen molar-refractivity contribution in [2.24, 2.45) is 0 Å². The first-order valence-electron chi connectivity index (χ1n) is 10.5. The summed E-state index contributed by atoms with van der Waals surface area (Å²) in [6.45, 7) is 3.47. The summed E-state index contributed by atoms with van der Waals surface area (Å²) >= 11 is 7.09. The third kappa shape index (κ3) is 5.14. The van der Waals surface area contributed by atoms with Crippen LogP contribution in [0.2, 0.25) is 5.02 Å². The van der Waals surface area contributed by atoms with E-state index in [1.165, 1.54) is 15.9 Å². The van der Waals surface area contributed by atoms with Gasteiger partial charge < -0.3 is 5.32 Å². The van der Waals surface area contributed by atoms with E-state index in [-0.39, 0.29) is 20.6 Å². The Morgan fingerprint density at radius 2 is 1.89 bits per heavy atom. The number of carbonyl (C=O) groups excluding carboxylic acids is 1. The van der Waals surface area contributed by atoms with E-state index in [4.69, 9.17) is 11.6 Å². The van der Waals surface area contributed by atoms with Crippen LogP contribution in [-0.2, 0) is 29.0 Å². The summed E-state index contributed by atoms with van der Waals surface area (Å²) in [7, 11) is -3.92. The Kier molecular flexibility index (Phi) is 6.82. The van der Waals surface area contributed by atoms with Crippen LogP contribution >= 0.6 is 22.9 Å². The van der Waals surface area contributed by atoms with Crippen molar-refractivity contribution in [2.45, 2.75) is 49.8 Å². The smallest absolute Gasteiger partial charge is 0.349 e. The van der Waals surface area contributed by atoms with Crippen molar-refractivity contribution in [3.05, 3.63) is 69.2 Å². The average molecular weight is 545 g/mol. The van der Waals surface area contributed by atoms with Crippen molar-refractivity contribution in [1.82, 2.24) is 15.5 Å². The molecule has 7 nitrogen and oxygen atoms in total. The molecule has 0 spiro atoms. The first kappa shape index (κ1) is 25.4. The zero-order chi connectivity index (χ0) is 25.5. The number of rotatable bonds is 6. The second kappa shape index (κ2) is 9.40. The summed E-state index contributed by atoms with van der Waals surface area (Å²) in [5.41, 5.74) is 1.78. The molecule has 0 bridgehead atoms. The quantitative estimate of drug-likeness (QED) is 0.485. The van der Waals surface area contributed by atoms with Crippen molar-refractivity contribution >= 4 is 44.0 Å². The van der Waals surface area contributed by atoms with Gasteiger partial charge in [0.1, 0.15) is 5.51 Å². The number of nitrogens with zero attached hydrogens (tertiary/aromatic N) is 3. The number of nitrogens with one attached hydrogen (secondary N) is 1. The molecule has 0 fully saturated rings. The molecule has 1 amide bonds. The number of carbonyl (C=O) groups is 1. The van der Waals surface area contributed by atoms with Gasteiger partial charge in [-0.3, -0.25) is 4.79 Å². The van der Waals surface area contributed by atoms with E-state index < -0.39 is 39.8 Å². The SMILES string of the molecule is CC(C)N(c1nncs1)S(=O)(=O)c1ccc2c(c1)CC(NC(=O)c1cc(C(F)(F)F)ccc1Cl)C2. The molecule has 1 N–H and O–H groups in total. The molecule has 0 saturated carbocycles.